The van der Waals surface area contributed by atoms with E-state index in [-0.39, 0.29) is 31.1 Å². The molecular weight excluding hydrogens is 661 g/mol. The van der Waals surface area contributed by atoms with Crippen molar-refractivity contribution < 1.29 is 28.6 Å². The molecule has 0 fully saturated rings. The molecule has 0 amide bonds. The Bertz CT molecular complexity index is 811. The fourth-order valence-corrected chi connectivity index (χ4v) is 6.90. The third-order valence-corrected chi connectivity index (χ3v) is 10.8. The van der Waals surface area contributed by atoms with Crippen LogP contribution in [0.15, 0.2) is 0 Å². The average Bonchev–Trinajstić information content (AvgIpc) is 3.14. The summed E-state index contributed by atoms with van der Waals surface area (Å²) in [7, 11) is 0. The maximum atomic E-state index is 12.7. The van der Waals surface area contributed by atoms with Crippen LogP contribution in [0.1, 0.15) is 253 Å². The van der Waals surface area contributed by atoms with Crippen molar-refractivity contribution in [2.24, 2.45) is 11.8 Å². The van der Waals surface area contributed by atoms with Crippen LogP contribution in [0, 0.1) is 11.8 Å². The molecule has 0 aliphatic heterocycles. The summed E-state index contributed by atoms with van der Waals surface area (Å²) in [4.78, 5) is 37.7. The zero-order valence-electron chi connectivity index (χ0n) is 36.1. The minimum Gasteiger partial charge on any atom is -0.462 e. The Hall–Kier alpha value is -1.59. The van der Waals surface area contributed by atoms with Crippen molar-refractivity contribution in [3.8, 4) is 0 Å². The van der Waals surface area contributed by atoms with Crippen molar-refractivity contribution in [2.75, 3.05) is 13.2 Å². The molecular formula is C47H90O6. The monoisotopic (exact) mass is 751 g/mol. The molecule has 0 bridgehead atoms. The number of rotatable bonds is 41. The first kappa shape index (κ1) is 51.4. The molecule has 0 saturated heterocycles. The molecule has 0 saturated carbocycles. The quantitative estimate of drug-likeness (QED) is 0.0352. The lowest BCUT2D eigenvalue weighted by Gasteiger charge is -2.18. The van der Waals surface area contributed by atoms with E-state index >= 15 is 0 Å². The van der Waals surface area contributed by atoms with E-state index in [4.69, 9.17) is 14.2 Å². The van der Waals surface area contributed by atoms with Crippen LogP contribution in [-0.4, -0.2) is 37.2 Å². The van der Waals surface area contributed by atoms with Crippen molar-refractivity contribution in [1.82, 2.24) is 0 Å². The van der Waals surface area contributed by atoms with E-state index in [1.807, 2.05) is 0 Å². The van der Waals surface area contributed by atoms with Crippen LogP contribution in [0.25, 0.3) is 0 Å². The Morgan fingerprint density at radius 1 is 0.396 bits per heavy atom. The van der Waals surface area contributed by atoms with Crippen molar-refractivity contribution >= 4 is 17.9 Å². The molecule has 2 atom stereocenters. The highest BCUT2D eigenvalue weighted by molar-refractivity contribution is 5.71. The number of carbonyl (C=O) groups excluding carboxylic acids is 3. The summed E-state index contributed by atoms with van der Waals surface area (Å²) in [6.45, 7) is 11.3. The molecule has 0 aliphatic carbocycles. The Labute approximate surface area is 329 Å². The van der Waals surface area contributed by atoms with Gasteiger partial charge in [-0.15, -0.1) is 0 Å². The lowest BCUT2D eigenvalue weighted by molar-refractivity contribution is -0.167. The van der Waals surface area contributed by atoms with Crippen LogP contribution in [0.4, 0.5) is 0 Å². The van der Waals surface area contributed by atoms with E-state index in [2.05, 4.69) is 34.6 Å². The van der Waals surface area contributed by atoms with Crippen LogP contribution in [0.3, 0.4) is 0 Å². The largest absolute Gasteiger partial charge is 0.462 e. The van der Waals surface area contributed by atoms with Gasteiger partial charge in [-0.25, -0.2) is 0 Å². The van der Waals surface area contributed by atoms with Crippen molar-refractivity contribution in [3.63, 3.8) is 0 Å². The van der Waals surface area contributed by atoms with Gasteiger partial charge in [-0.3, -0.25) is 14.4 Å². The zero-order valence-corrected chi connectivity index (χ0v) is 36.1. The van der Waals surface area contributed by atoms with Crippen LogP contribution in [-0.2, 0) is 28.6 Å². The number of hydrogen-bond donors (Lipinski definition) is 0. The average molecular weight is 751 g/mol. The van der Waals surface area contributed by atoms with Gasteiger partial charge in [0.05, 0.1) is 0 Å². The molecule has 0 rings (SSSR count). The Balaban J connectivity index is 4.27. The topological polar surface area (TPSA) is 78.9 Å². The second-order valence-electron chi connectivity index (χ2n) is 16.8. The van der Waals surface area contributed by atoms with Gasteiger partial charge < -0.3 is 14.2 Å². The highest BCUT2D eigenvalue weighted by atomic mass is 16.6. The number of unbranched alkanes of at least 4 members (excludes halogenated alkanes) is 25. The lowest BCUT2D eigenvalue weighted by Crippen LogP contribution is -2.30. The highest BCUT2D eigenvalue weighted by Crippen LogP contribution is 2.17. The van der Waals surface area contributed by atoms with Gasteiger partial charge in [0.15, 0.2) is 6.10 Å². The Morgan fingerprint density at radius 2 is 0.717 bits per heavy atom. The number of hydrogen-bond acceptors (Lipinski definition) is 6. The second kappa shape index (κ2) is 40.1. The first-order chi connectivity index (χ1) is 25.8. The molecule has 1 unspecified atom stereocenters. The fraction of sp³-hybridized carbons (Fsp3) is 0.936. The summed E-state index contributed by atoms with van der Waals surface area (Å²) in [6.07, 6.45) is 38.1. The highest BCUT2D eigenvalue weighted by Gasteiger charge is 2.19. The van der Waals surface area contributed by atoms with E-state index in [0.717, 1.165) is 69.6 Å². The standard InChI is InChI=1S/C47H90O6/c1-6-8-9-10-11-17-21-27-32-37-45(48)51-40-44(53-47(50)39-34-29-24-23-26-31-36-43(5)7-2)41-52-46(49)38-33-28-22-19-16-14-12-13-15-18-20-25-30-35-42(3)4/h42-44H,6-41H2,1-5H3/t43?,44-/m1/s1. The number of ether oxygens (including phenoxy) is 3. The molecule has 0 spiro atoms. The van der Waals surface area contributed by atoms with Crippen LogP contribution in [0.5, 0.6) is 0 Å². The molecule has 53 heavy (non-hydrogen) atoms. The summed E-state index contributed by atoms with van der Waals surface area (Å²) in [5.41, 5.74) is 0. The molecule has 0 aromatic rings. The molecule has 0 aromatic carbocycles. The summed E-state index contributed by atoms with van der Waals surface area (Å²) < 4.78 is 16.7. The molecule has 0 aliphatic rings. The van der Waals surface area contributed by atoms with E-state index in [9.17, 15) is 14.4 Å². The summed E-state index contributed by atoms with van der Waals surface area (Å²) in [5, 5.41) is 0. The predicted octanol–water partition coefficient (Wildman–Crippen LogP) is 14.6. The van der Waals surface area contributed by atoms with Gasteiger partial charge in [0.2, 0.25) is 0 Å². The van der Waals surface area contributed by atoms with Crippen molar-refractivity contribution in [1.29, 1.82) is 0 Å². The normalized spacial score (nSPS) is 12.6. The molecule has 314 valence electrons. The Kier molecular flexibility index (Phi) is 38.9. The van der Waals surface area contributed by atoms with Crippen molar-refractivity contribution in [3.05, 3.63) is 0 Å². The van der Waals surface area contributed by atoms with Gasteiger partial charge in [-0.1, -0.05) is 214 Å². The maximum absolute atomic E-state index is 12.7. The molecule has 6 nitrogen and oxygen atoms in total. The number of esters is 3. The molecule has 0 radical (unpaired) electrons. The SMILES string of the molecule is CCCCCCCCCCCC(=O)OC[C@H](COC(=O)CCCCCCCCCCCCCCCC(C)C)OC(=O)CCCCCCCCC(C)CC. The van der Waals surface area contributed by atoms with E-state index in [1.165, 1.54) is 141 Å². The van der Waals surface area contributed by atoms with Crippen LogP contribution >= 0.6 is 0 Å². The smallest absolute Gasteiger partial charge is 0.306 e. The first-order valence-electron chi connectivity index (χ1n) is 23.3. The van der Waals surface area contributed by atoms with Gasteiger partial charge in [-0.2, -0.15) is 0 Å². The third-order valence-electron chi connectivity index (χ3n) is 10.8. The zero-order chi connectivity index (χ0) is 39.0. The van der Waals surface area contributed by atoms with Gasteiger partial charge in [0, 0.05) is 19.3 Å². The van der Waals surface area contributed by atoms with Gasteiger partial charge in [-0.05, 0) is 31.1 Å². The minimum absolute atomic E-state index is 0.0655. The van der Waals surface area contributed by atoms with Crippen LogP contribution < -0.4 is 0 Å². The lowest BCUT2D eigenvalue weighted by atomic mass is 10.00. The van der Waals surface area contributed by atoms with E-state index in [0.29, 0.717) is 19.3 Å². The first-order valence-corrected chi connectivity index (χ1v) is 23.3. The fourth-order valence-electron chi connectivity index (χ4n) is 6.90. The summed E-state index contributed by atoms with van der Waals surface area (Å²) in [6, 6.07) is 0. The molecule has 0 N–H and O–H groups in total. The molecule has 0 aromatic heterocycles. The number of carbonyl (C=O) groups is 3. The minimum atomic E-state index is -0.760. The van der Waals surface area contributed by atoms with Crippen molar-refractivity contribution in [2.45, 2.75) is 259 Å². The predicted molar refractivity (Wildman–Crippen MR) is 224 cm³/mol. The van der Waals surface area contributed by atoms with Gasteiger partial charge >= 0.3 is 17.9 Å². The third kappa shape index (κ3) is 39.9. The van der Waals surface area contributed by atoms with E-state index < -0.39 is 6.10 Å². The van der Waals surface area contributed by atoms with E-state index in [1.54, 1.807) is 0 Å². The summed E-state index contributed by atoms with van der Waals surface area (Å²) >= 11 is 0. The molecule has 0 heterocycles. The Morgan fingerprint density at radius 3 is 1.08 bits per heavy atom. The van der Waals surface area contributed by atoms with Crippen LogP contribution in [0.2, 0.25) is 0 Å². The molecule has 6 heteroatoms. The summed E-state index contributed by atoms with van der Waals surface area (Å²) in [5.74, 6) is 0.788. The van der Waals surface area contributed by atoms with Gasteiger partial charge in [0.1, 0.15) is 13.2 Å². The van der Waals surface area contributed by atoms with Gasteiger partial charge in [0.25, 0.3) is 0 Å². The maximum Gasteiger partial charge on any atom is 0.306 e. The second-order valence-corrected chi connectivity index (χ2v) is 16.8.